The number of nitrogens with zero attached hydrogens (tertiary/aromatic N) is 1. The number of ether oxygens (including phenoxy) is 2. The van der Waals surface area contributed by atoms with Gasteiger partial charge < -0.3 is 9.47 Å². The van der Waals surface area contributed by atoms with Gasteiger partial charge in [-0.3, -0.25) is 10.1 Å². The number of benzene rings is 2. The zero-order valence-corrected chi connectivity index (χ0v) is 16.9. The Hall–Kier alpha value is -3.12. The van der Waals surface area contributed by atoms with Crippen LogP contribution in [0.3, 0.4) is 0 Å². The van der Waals surface area contributed by atoms with Crippen LogP contribution in [0, 0.1) is 6.92 Å². The molecule has 144 valence electrons. The van der Waals surface area contributed by atoms with Gasteiger partial charge in [0, 0.05) is 17.0 Å². The van der Waals surface area contributed by atoms with Crippen LogP contribution < -0.4 is 14.8 Å². The number of aryl methyl sites for hydroxylation is 1. The Morgan fingerprint density at radius 3 is 2.68 bits per heavy atom. The van der Waals surface area contributed by atoms with E-state index in [1.807, 2.05) is 61.7 Å². The Morgan fingerprint density at radius 2 is 1.96 bits per heavy atom. The zero-order chi connectivity index (χ0) is 19.9. The maximum absolute atomic E-state index is 12.2. The first-order valence-electron chi connectivity index (χ1n) is 8.91. The molecule has 1 N–H and O–H groups in total. The Balaban J connectivity index is 1.65. The van der Waals surface area contributed by atoms with Crippen LogP contribution in [0.2, 0.25) is 0 Å². The van der Waals surface area contributed by atoms with Crippen molar-refractivity contribution in [3.63, 3.8) is 0 Å². The van der Waals surface area contributed by atoms with Crippen LogP contribution in [-0.2, 0) is 4.79 Å². The van der Waals surface area contributed by atoms with Crippen molar-refractivity contribution in [2.75, 3.05) is 19.0 Å². The van der Waals surface area contributed by atoms with Crippen LogP contribution in [0.1, 0.15) is 18.1 Å². The predicted octanol–water partition coefficient (Wildman–Crippen LogP) is 5.18. The molecule has 0 aliphatic heterocycles. The Labute approximate surface area is 168 Å². The summed E-state index contributed by atoms with van der Waals surface area (Å²) in [6.07, 6.45) is 3.20. The Bertz CT molecular complexity index is 978. The molecule has 5 nitrogen and oxygen atoms in total. The van der Waals surface area contributed by atoms with Crippen molar-refractivity contribution in [1.82, 2.24) is 4.98 Å². The highest BCUT2D eigenvalue weighted by molar-refractivity contribution is 7.14. The van der Waals surface area contributed by atoms with Crippen molar-refractivity contribution < 1.29 is 14.3 Å². The lowest BCUT2D eigenvalue weighted by Crippen LogP contribution is -2.07. The van der Waals surface area contributed by atoms with E-state index >= 15 is 0 Å². The number of nitrogens with one attached hydrogen (secondary N) is 1. The molecule has 1 amide bonds. The number of hydrogen-bond donors (Lipinski definition) is 1. The molecule has 0 radical (unpaired) electrons. The summed E-state index contributed by atoms with van der Waals surface area (Å²) >= 11 is 1.40. The average Bonchev–Trinajstić information content (AvgIpc) is 3.16. The summed E-state index contributed by atoms with van der Waals surface area (Å²) in [4.78, 5) is 16.7. The van der Waals surface area contributed by atoms with Crippen molar-refractivity contribution in [2.45, 2.75) is 13.8 Å². The summed E-state index contributed by atoms with van der Waals surface area (Å²) in [6, 6.07) is 13.7. The minimum Gasteiger partial charge on any atom is -0.493 e. The number of carbonyl (C=O) groups excluding carboxylic acids is 1. The van der Waals surface area contributed by atoms with E-state index < -0.39 is 0 Å². The first kappa shape index (κ1) is 19.6. The molecule has 0 fully saturated rings. The number of aromatic nitrogens is 1. The third-order valence-corrected chi connectivity index (χ3v) is 4.75. The fourth-order valence-corrected chi connectivity index (χ4v) is 3.29. The number of thiazole rings is 1. The fourth-order valence-electron chi connectivity index (χ4n) is 2.57. The number of anilines is 1. The van der Waals surface area contributed by atoms with Crippen LogP contribution in [0.5, 0.6) is 11.5 Å². The van der Waals surface area contributed by atoms with Gasteiger partial charge in [0.05, 0.1) is 19.4 Å². The summed E-state index contributed by atoms with van der Waals surface area (Å²) in [7, 11) is 1.59. The van der Waals surface area contributed by atoms with Gasteiger partial charge in [0.1, 0.15) is 0 Å². The van der Waals surface area contributed by atoms with Gasteiger partial charge in [-0.25, -0.2) is 4.98 Å². The number of hydrogen-bond acceptors (Lipinski definition) is 5. The van der Waals surface area contributed by atoms with Crippen molar-refractivity contribution in [3.8, 4) is 22.8 Å². The van der Waals surface area contributed by atoms with E-state index in [4.69, 9.17) is 9.47 Å². The van der Waals surface area contributed by atoms with E-state index in [1.165, 1.54) is 23.0 Å². The first-order chi connectivity index (χ1) is 13.6. The smallest absolute Gasteiger partial charge is 0.250 e. The second kappa shape index (κ2) is 9.19. The number of methoxy groups -OCH3 is 1. The maximum atomic E-state index is 12.2. The van der Waals surface area contributed by atoms with Crippen LogP contribution >= 0.6 is 11.3 Å². The number of carbonyl (C=O) groups is 1. The molecule has 0 saturated heterocycles. The second-order valence-corrected chi connectivity index (χ2v) is 6.93. The molecule has 0 atom stereocenters. The summed E-state index contributed by atoms with van der Waals surface area (Å²) in [6.45, 7) is 4.52. The van der Waals surface area contributed by atoms with E-state index in [-0.39, 0.29) is 5.91 Å². The molecule has 0 bridgehead atoms. The highest BCUT2D eigenvalue weighted by atomic mass is 32.1. The third-order valence-electron chi connectivity index (χ3n) is 4.00. The third kappa shape index (κ3) is 4.98. The van der Waals surface area contributed by atoms with E-state index in [1.54, 1.807) is 13.2 Å². The van der Waals surface area contributed by atoms with Crippen LogP contribution in [-0.4, -0.2) is 24.6 Å². The van der Waals surface area contributed by atoms with Crippen LogP contribution in [0.25, 0.3) is 17.3 Å². The van der Waals surface area contributed by atoms with Gasteiger partial charge in [0.25, 0.3) is 0 Å². The largest absolute Gasteiger partial charge is 0.493 e. The molecule has 0 aliphatic rings. The Morgan fingerprint density at radius 1 is 1.18 bits per heavy atom. The molecular weight excluding hydrogens is 372 g/mol. The minimum atomic E-state index is -0.238. The van der Waals surface area contributed by atoms with Crippen LogP contribution in [0.15, 0.2) is 53.9 Å². The van der Waals surface area contributed by atoms with E-state index in [0.29, 0.717) is 23.2 Å². The molecular formula is C22H22N2O3S. The van der Waals surface area contributed by atoms with Gasteiger partial charge in [-0.2, -0.15) is 0 Å². The Kier molecular flexibility index (Phi) is 6.45. The average molecular weight is 394 g/mol. The summed E-state index contributed by atoms with van der Waals surface area (Å²) in [5.74, 6) is 1.07. The lowest BCUT2D eigenvalue weighted by Gasteiger charge is -2.09. The second-order valence-electron chi connectivity index (χ2n) is 6.07. The molecule has 6 heteroatoms. The SMILES string of the molecule is CCOc1ccc(/C=C/C(=O)Nc2nc(-c3ccc(C)cc3)cs2)cc1OC. The molecule has 2 aromatic carbocycles. The van der Waals surface area contributed by atoms with E-state index in [9.17, 15) is 4.79 Å². The van der Waals surface area contributed by atoms with Crippen molar-refractivity contribution >= 4 is 28.5 Å². The molecule has 3 rings (SSSR count). The molecule has 1 heterocycles. The van der Waals surface area contributed by atoms with Crippen molar-refractivity contribution in [2.24, 2.45) is 0 Å². The summed E-state index contributed by atoms with van der Waals surface area (Å²) in [5.41, 5.74) is 3.92. The van der Waals surface area contributed by atoms with Gasteiger partial charge in [0.15, 0.2) is 16.6 Å². The van der Waals surface area contributed by atoms with E-state index in [2.05, 4.69) is 10.3 Å². The minimum absolute atomic E-state index is 0.238. The summed E-state index contributed by atoms with van der Waals surface area (Å²) < 4.78 is 10.8. The monoisotopic (exact) mass is 394 g/mol. The maximum Gasteiger partial charge on any atom is 0.250 e. The number of amides is 1. The molecule has 0 spiro atoms. The topological polar surface area (TPSA) is 60.5 Å². The van der Waals surface area contributed by atoms with Crippen LogP contribution in [0.4, 0.5) is 5.13 Å². The molecule has 1 aromatic heterocycles. The highest BCUT2D eigenvalue weighted by Gasteiger charge is 2.07. The van der Waals surface area contributed by atoms with Gasteiger partial charge in [-0.05, 0) is 37.6 Å². The van der Waals surface area contributed by atoms with Crippen molar-refractivity contribution in [1.29, 1.82) is 0 Å². The quantitative estimate of drug-likeness (QED) is 0.561. The molecule has 0 saturated carbocycles. The molecule has 3 aromatic rings. The molecule has 28 heavy (non-hydrogen) atoms. The van der Waals surface area contributed by atoms with E-state index in [0.717, 1.165) is 16.8 Å². The normalized spacial score (nSPS) is 10.8. The summed E-state index contributed by atoms with van der Waals surface area (Å²) in [5, 5.41) is 5.30. The zero-order valence-electron chi connectivity index (χ0n) is 16.1. The van der Waals surface area contributed by atoms with Gasteiger partial charge in [-0.15, -0.1) is 11.3 Å². The fraction of sp³-hybridized carbons (Fsp3) is 0.182. The molecule has 0 aliphatic carbocycles. The van der Waals surface area contributed by atoms with Gasteiger partial charge in [0.2, 0.25) is 5.91 Å². The standard InChI is InChI=1S/C22H22N2O3S/c1-4-27-19-11-7-16(13-20(19)26-3)8-12-21(25)24-22-23-18(14-28-22)17-9-5-15(2)6-10-17/h5-14H,4H2,1-3H3,(H,23,24,25)/b12-8+. The van der Waals surface area contributed by atoms with Crippen molar-refractivity contribution in [3.05, 3.63) is 65.0 Å². The predicted molar refractivity (Wildman–Crippen MR) is 114 cm³/mol. The highest BCUT2D eigenvalue weighted by Crippen LogP contribution is 2.28. The van der Waals surface area contributed by atoms with Gasteiger partial charge >= 0.3 is 0 Å². The lowest BCUT2D eigenvalue weighted by molar-refractivity contribution is -0.111. The molecule has 0 unspecified atom stereocenters. The lowest BCUT2D eigenvalue weighted by atomic mass is 10.1. The van der Waals surface area contributed by atoms with Gasteiger partial charge in [-0.1, -0.05) is 35.9 Å². The first-order valence-corrected chi connectivity index (χ1v) is 9.79. The number of rotatable bonds is 7.